The third-order valence-corrected chi connectivity index (χ3v) is 7.02. The summed E-state index contributed by atoms with van der Waals surface area (Å²) in [4.78, 5) is 43.1. The molecule has 2 N–H and O–H groups in total. The number of rotatable bonds is 13. The molecule has 0 spiro atoms. The van der Waals surface area contributed by atoms with Crippen LogP contribution in [0.3, 0.4) is 0 Å². The summed E-state index contributed by atoms with van der Waals surface area (Å²) in [6.45, 7) is 9.04. The number of amides is 3. The van der Waals surface area contributed by atoms with Gasteiger partial charge in [0.2, 0.25) is 0 Å². The highest BCUT2D eigenvalue weighted by molar-refractivity contribution is 6.00. The Labute approximate surface area is 258 Å². The van der Waals surface area contributed by atoms with Crippen LogP contribution in [0.15, 0.2) is 48.6 Å². The van der Waals surface area contributed by atoms with Crippen molar-refractivity contribution in [2.24, 2.45) is 0 Å². The number of nitrogens with one attached hydrogen (secondary N) is 2. The number of methoxy groups -OCH3 is 1. The van der Waals surface area contributed by atoms with E-state index in [4.69, 9.17) is 9.47 Å². The van der Waals surface area contributed by atoms with Crippen molar-refractivity contribution in [3.05, 3.63) is 82.4 Å². The minimum atomic E-state index is -0.723. The van der Waals surface area contributed by atoms with Gasteiger partial charge in [-0.25, -0.2) is 13.6 Å². The molecule has 1 heterocycles. The Morgan fingerprint density at radius 3 is 2.36 bits per heavy atom. The van der Waals surface area contributed by atoms with Crippen molar-refractivity contribution in [3.8, 4) is 0 Å². The van der Waals surface area contributed by atoms with E-state index in [0.717, 1.165) is 11.6 Å². The molecule has 44 heavy (non-hydrogen) atoms. The van der Waals surface area contributed by atoms with Crippen molar-refractivity contribution in [1.82, 2.24) is 20.4 Å². The molecular weight excluding hydrogens is 570 g/mol. The average Bonchev–Trinajstić information content (AvgIpc) is 3.39. The quantitative estimate of drug-likeness (QED) is 0.323. The lowest BCUT2D eigenvalue weighted by molar-refractivity contribution is 0.0246. The fourth-order valence-corrected chi connectivity index (χ4v) is 5.01. The van der Waals surface area contributed by atoms with Gasteiger partial charge in [-0.2, -0.15) is 0 Å². The second-order valence-corrected chi connectivity index (χ2v) is 12.0. The molecule has 11 heteroatoms. The zero-order valence-electron chi connectivity index (χ0n) is 26.4. The number of likely N-dealkylation sites (N-methyl/N-ethyl adjacent to an activating group) is 1. The number of carbonyl (C=O) groups is 3. The molecule has 0 radical (unpaired) electrons. The van der Waals surface area contributed by atoms with Gasteiger partial charge in [0.1, 0.15) is 17.2 Å². The summed E-state index contributed by atoms with van der Waals surface area (Å²) in [5, 5.41) is 5.99. The molecule has 0 bridgehead atoms. The highest BCUT2D eigenvalue weighted by atomic mass is 19.1. The first-order valence-electron chi connectivity index (χ1n) is 14.8. The molecule has 0 saturated heterocycles. The van der Waals surface area contributed by atoms with E-state index in [0.29, 0.717) is 37.4 Å². The Hall–Kier alpha value is -3.83. The van der Waals surface area contributed by atoms with Gasteiger partial charge in [-0.15, -0.1) is 0 Å². The number of carbonyl (C=O) groups excluding carboxylic acids is 3. The summed E-state index contributed by atoms with van der Waals surface area (Å²) < 4.78 is 38.9. The summed E-state index contributed by atoms with van der Waals surface area (Å²) in [5.41, 5.74) is 1.03. The molecule has 240 valence electrons. The van der Waals surface area contributed by atoms with Crippen LogP contribution in [0.25, 0.3) is 0 Å². The average molecular weight is 615 g/mol. The van der Waals surface area contributed by atoms with E-state index in [1.807, 2.05) is 12.2 Å². The third-order valence-electron chi connectivity index (χ3n) is 7.02. The van der Waals surface area contributed by atoms with Gasteiger partial charge in [-0.1, -0.05) is 12.2 Å². The lowest BCUT2D eigenvalue weighted by Gasteiger charge is -2.29. The zero-order chi connectivity index (χ0) is 32.4. The summed E-state index contributed by atoms with van der Waals surface area (Å²) in [7, 11) is 3.35. The van der Waals surface area contributed by atoms with Crippen LogP contribution in [-0.4, -0.2) is 92.3 Å². The molecule has 3 amide bonds. The van der Waals surface area contributed by atoms with E-state index in [9.17, 15) is 23.2 Å². The van der Waals surface area contributed by atoms with Crippen LogP contribution in [-0.2, 0) is 15.9 Å². The molecule has 2 atom stereocenters. The van der Waals surface area contributed by atoms with E-state index < -0.39 is 35.3 Å². The first-order valence-corrected chi connectivity index (χ1v) is 14.8. The molecule has 0 fully saturated rings. The second-order valence-electron chi connectivity index (χ2n) is 12.0. The van der Waals surface area contributed by atoms with Crippen molar-refractivity contribution in [2.45, 2.75) is 58.2 Å². The van der Waals surface area contributed by atoms with Crippen molar-refractivity contribution in [3.63, 3.8) is 0 Å². The number of nitrogens with zero attached hydrogens (tertiary/aromatic N) is 2. The molecular formula is C33H44F2N4O5. The Bertz CT molecular complexity index is 1320. The fourth-order valence-electron chi connectivity index (χ4n) is 5.01. The second kappa shape index (κ2) is 15.8. The molecule has 0 unspecified atom stereocenters. The Kier molecular flexibility index (Phi) is 12.4. The van der Waals surface area contributed by atoms with E-state index in [1.165, 1.54) is 17.0 Å². The van der Waals surface area contributed by atoms with Crippen molar-refractivity contribution in [1.29, 1.82) is 0 Å². The molecule has 0 aromatic heterocycles. The van der Waals surface area contributed by atoms with Gasteiger partial charge in [0.05, 0.1) is 12.6 Å². The minimum Gasteiger partial charge on any atom is -0.444 e. The molecule has 2 aromatic carbocycles. The highest BCUT2D eigenvalue weighted by Gasteiger charge is 2.27. The number of ether oxygens (including phenoxy) is 2. The topological polar surface area (TPSA) is 100 Å². The number of hydrogen-bond acceptors (Lipinski definition) is 6. The maximum atomic E-state index is 14.0. The summed E-state index contributed by atoms with van der Waals surface area (Å²) in [6, 6.07) is 7.39. The standard InChI is InChI=1S/C33H44F2N4O5/c1-22-14-24(19-25(15-22)31(41)39-11-7-8-29(39)21-43-6)30(40)37-28(18-23-16-26(34)20-27(35)17-23)9-12-38(13-10-36-5)32(42)44-33(2,3)4/h7-8,14-17,19-20,28-29,36H,9-13,18,21H2,1-6H3,(H,37,40)/t28-,29-/m1/s1. The van der Waals surface area contributed by atoms with Crippen LogP contribution in [0.4, 0.5) is 13.6 Å². The van der Waals surface area contributed by atoms with Crippen LogP contribution in [0.1, 0.15) is 59.0 Å². The predicted octanol–water partition coefficient (Wildman–Crippen LogP) is 4.49. The third kappa shape index (κ3) is 10.4. The Morgan fingerprint density at radius 1 is 1.05 bits per heavy atom. The maximum absolute atomic E-state index is 14.0. The van der Waals surface area contributed by atoms with Crippen LogP contribution < -0.4 is 10.6 Å². The summed E-state index contributed by atoms with van der Waals surface area (Å²) >= 11 is 0. The maximum Gasteiger partial charge on any atom is 0.410 e. The van der Waals surface area contributed by atoms with Crippen molar-refractivity contribution >= 4 is 17.9 Å². The minimum absolute atomic E-state index is 0.115. The van der Waals surface area contributed by atoms with E-state index >= 15 is 0 Å². The highest BCUT2D eigenvalue weighted by Crippen LogP contribution is 2.19. The molecule has 0 aliphatic carbocycles. The molecule has 0 saturated carbocycles. The molecule has 2 aromatic rings. The smallest absolute Gasteiger partial charge is 0.410 e. The first kappa shape index (κ1) is 34.7. The van der Waals surface area contributed by atoms with Gasteiger partial charge in [0.25, 0.3) is 11.8 Å². The molecule has 9 nitrogen and oxygen atoms in total. The van der Waals surface area contributed by atoms with Gasteiger partial charge >= 0.3 is 6.09 Å². The van der Waals surface area contributed by atoms with E-state index in [-0.39, 0.29) is 36.9 Å². The summed E-state index contributed by atoms with van der Waals surface area (Å²) in [5.74, 6) is -2.12. The van der Waals surface area contributed by atoms with Crippen molar-refractivity contribution < 1.29 is 32.6 Å². The lowest BCUT2D eigenvalue weighted by Crippen LogP contribution is -2.44. The number of halogens is 2. The van der Waals surface area contributed by atoms with Crippen LogP contribution >= 0.6 is 0 Å². The Morgan fingerprint density at radius 2 is 1.73 bits per heavy atom. The molecule has 1 aliphatic rings. The predicted molar refractivity (Wildman–Crippen MR) is 165 cm³/mol. The number of benzene rings is 2. The largest absolute Gasteiger partial charge is 0.444 e. The number of aryl methyl sites for hydroxylation is 1. The van der Waals surface area contributed by atoms with E-state index in [1.54, 1.807) is 65.0 Å². The van der Waals surface area contributed by atoms with Crippen molar-refractivity contribution in [2.75, 3.05) is 46.9 Å². The SMILES string of the molecule is CNCCN(CC[C@H](Cc1cc(F)cc(F)c1)NC(=O)c1cc(C)cc(C(=O)N2CC=C[C@@H]2COC)c1)C(=O)OC(C)(C)C. The Balaban J connectivity index is 1.84. The van der Waals surface area contributed by atoms with Crippen LogP contribution in [0, 0.1) is 18.6 Å². The van der Waals surface area contributed by atoms with Gasteiger partial charge in [-0.3, -0.25) is 9.59 Å². The van der Waals surface area contributed by atoms with Gasteiger partial charge < -0.3 is 29.9 Å². The van der Waals surface area contributed by atoms with Gasteiger partial charge in [0.15, 0.2) is 0 Å². The van der Waals surface area contributed by atoms with E-state index in [2.05, 4.69) is 10.6 Å². The zero-order valence-corrected chi connectivity index (χ0v) is 26.4. The monoisotopic (exact) mass is 614 g/mol. The van der Waals surface area contributed by atoms with Crippen LogP contribution in [0.5, 0.6) is 0 Å². The molecule has 3 rings (SSSR count). The lowest BCUT2D eigenvalue weighted by atomic mass is 10.0. The van der Waals surface area contributed by atoms with Crippen LogP contribution in [0.2, 0.25) is 0 Å². The fraction of sp³-hybridized carbons (Fsp3) is 0.485. The van der Waals surface area contributed by atoms with Gasteiger partial charge in [0, 0.05) is 56.5 Å². The molecule has 1 aliphatic heterocycles. The normalized spacial score (nSPS) is 15.3. The first-order chi connectivity index (χ1) is 20.8. The van der Waals surface area contributed by atoms with Gasteiger partial charge in [-0.05, 0) is 89.0 Å². The number of hydrogen-bond donors (Lipinski definition) is 2. The summed E-state index contributed by atoms with van der Waals surface area (Å²) in [6.07, 6.45) is 3.72.